The Hall–Kier alpha value is -12.6. The van der Waals surface area contributed by atoms with Gasteiger partial charge in [0, 0.05) is 59.4 Å². The van der Waals surface area contributed by atoms with Gasteiger partial charge in [-0.05, 0) is 113 Å². The molecule has 0 amide bonds. The van der Waals surface area contributed by atoms with Gasteiger partial charge in [0.15, 0.2) is 0 Å². The summed E-state index contributed by atoms with van der Waals surface area (Å²) in [7, 11) is 0. The lowest BCUT2D eigenvalue weighted by Crippen LogP contribution is -2.16. The topological polar surface area (TPSA) is 69.8 Å². The van der Waals surface area contributed by atoms with E-state index in [2.05, 4.69) is 322 Å². The van der Waals surface area contributed by atoms with Gasteiger partial charge < -0.3 is 27.1 Å². The van der Waals surface area contributed by atoms with E-state index in [1.165, 1.54) is 0 Å². The molecule has 7 heteroatoms. The Labute approximate surface area is 525 Å². The second-order valence-electron chi connectivity index (χ2n) is 24.1. The lowest BCUT2D eigenvalue weighted by Gasteiger charge is -2.29. The molecule has 20 rings (SSSR count). The molecule has 92 heavy (non-hydrogen) atoms. The van der Waals surface area contributed by atoms with Gasteiger partial charge in [0.1, 0.15) is 34.0 Å². The van der Waals surface area contributed by atoms with E-state index in [-0.39, 0.29) is 0 Å². The maximum Gasteiger partial charge on any atom is 0.145 e. The summed E-state index contributed by atoms with van der Waals surface area (Å²) in [6.07, 6.45) is 0. The molecule has 0 aliphatic heterocycles. The van der Waals surface area contributed by atoms with Crippen LogP contribution in [-0.4, -0.2) is 18.3 Å². The van der Waals surface area contributed by atoms with Crippen LogP contribution in [0.5, 0.6) is 0 Å². The minimum atomic E-state index is 0.487. The molecule has 426 valence electrons. The highest BCUT2D eigenvalue weighted by molar-refractivity contribution is 6.27. The number of benzene rings is 14. The number of nitrogens with zero attached hydrogens (tertiary/aromatic N) is 5. The fraction of sp³-hybridized carbons (Fsp3) is 0. The number of furan rings is 2. The Morgan fingerprint density at radius 1 is 0.239 bits per heavy atom. The Morgan fingerprint density at radius 3 is 0.924 bits per heavy atom. The second-order valence-corrected chi connectivity index (χ2v) is 24.1. The normalized spacial score (nSPS) is 12.1. The molecule has 0 atom stereocenters. The summed E-state index contributed by atoms with van der Waals surface area (Å²) in [6.45, 7) is 0. The number of fused-ring (bicyclic) bond motifs is 20. The van der Waals surface area contributed by atoms with Gasteiger partial charge >= 0.3 is 0 Å². The summed E-state index contributed by atoms with van der Waals surface area (Å²) < 4.78 is 24.1. The van der Waals surface area contributed by atoms with E-state index in [1.54, 1.807) is 0 Å². The number of aromatic nitrogens is 4. The Bertz CT molecular complexity index is 6090. The molecule has 0 fully saturated rings. The van der Waals surface area contributed by atoms with Crippen molar-refractivity contribution in [2.45, 2.75) is 0 Å². The largest absolute Gasteiger partial charge is 0.455 e. The molecule has 20 aromatic rings. The third-order valence-electron chi connectivity index (χ3n) is 19.4. The number of nitriles is 1. The zero-order chi connectivity index (χ0) is 60.3. The average molecular weight is 1170 g/mol. The first-order valence-corrected chi connectivity index (χ1v) is 31.2. The minimum absolute atomic E-state index is 0.487. The van der Waals surface area contributed by atoms with E-state index in [0.717, 1.165) is 187 Å². The zero-order valence-electron chi connectivity index (χ0n) is 49.3. The van der Waals surface area contributed by atoms with E-state index in [4.69, 9.17) is 8.83 Å². The molecule has 0 N–H and O–H groups in total. The van der Waals surface area contributed by atoms with Crippen LogP contribution in [0.3, 0.4) is 0 Å². The fourth-order valence-electron chi connectivity index (χ4n) is 15.6. The van der Waals surface area contributed by atoms with Crippen molar-refractivity contribution in [3.05, 3.63) is 303 Å². The van der Waals surface area contributed by atoms with Gasteiger partial charge in [-0.2, -0.15) is 5.26 Å². The standard InChI is InChI=1S/C85H49N5O2/c86-50-66-80(87-67-34-16-10-28-56(67)57-29-11-17-35-68(57)87)82(89-71-38-20-14-32-62(71)78-73(89)44-42-60-64-48-54(51-22-4-1-5-23-51)40-46-75(64)91-84(60)78)77(53-26-8-3-9-27-53)83(81(66)88-69-36-18-12-30-58(69)59-31-13-19-37-70(59)88)90-72-39-21-15-33-63(72)79-74(90)45-43-61-65-49-55(52-24-6-2-7-25-52)41-47-76(65)92-85(61)79/h1-49H. The molecule has 7 nitrogen and oxygen atoms in total. The van der Waals surface area contributed by atoms with Gasteiger partial charge in [-0.15, -0.1) is 0 Å². The van der Waals surface area contributed by atoms with Crippen molar-refractivity contribution in [1.82, 2.24) is 18.3 Å². The summed E-state index contributed by atoms with van der Waals surface area (Å²) >= 11 is 0. The molecule has 6 aromatic heterocycles. The minimum Gasteiger partial charge on any atom is -0.455 e. The first-order valence-electron chi connectivity index (χ1n) is 31.2. The van der Waals surface area contributed by atoms with E-state index in [1.807, 2.05) is 0 Å². The Morgan fingerprint density at radius 2 is 0.554 bits per heavy atom. The molecule has 0 bridgehead atoms. The van der Waals surface area contributed by atoms with Gasteiger partial charge in [0.2, 0.25) is 0 Å². The highest BCUT2D eigenvalue weighted by Gasteiger charge is 2.36. The molecule has 14 aromatic carbocycles. The van der Waals surface area contributed by atoms with Crippen molar-refractivity contribution in [1.29, 1.82) is 5.26 Å². The summed E-state index contributed by atoms with van der Waals surface area (Å²) in [5.41, 5.74) is 20.9. The highest BCUT2D eigenvalue weighted by atomic mass is 16.3. The number of hydrogen-bond donors (Lipinski definition) is 0. The number of rotatable bonds is 7. The molecular formula is C85H49N5O2. The lowest BCUT2D eigenvalue weighted by atomic mass is 9.93. The first kappa shape index (κ1) is 50.4. The van der Waals surface area contributed by atoms with Crippen molar-refractivity contribution < 1.29 is 8.83 Å². The highest BCUT2D eigenvalue weighted by Crippen LogP contribution is 2.54. The zero-order valence-corrected chi connectivity index (χ0v) is 49.3. The van der Waals surface area contributed by atoms with Crippen molar-refractivity contribution >= 4 is 131 Å². The summed E-state index contributed by atoms with van der Waals surface area (Å²) in [6, 6.07) is 109. The van der Waals surface area contributed by atoms with E-state index < -0.39 is 0 Å². The van der Waals surface area contributed by atoms with Crippen LogP contribution in [-0.2, 0) is 0 Å². The molecule has 0 unspecified atom stereocenters. The number of para-hydroxylation sites is 6. The molecule has 0 saturated carbocycles. The van der Waals surface area contributed by atoms with Crippen LogP contribution in [0.25, 0.3) is 187 Å². The van der Waals surface area contributed by atoms with Gasteiger partial charge in [0.25, 0.3) is 0 Å². The van der Waals surface area contributed by atoms with Gasteiger partial charge in [0.05, 0.1) is 77.7 Å². The summed E-state index contributed by atoms with van der Waals surface area (Å²) in [5, 5.41) is 25.6. The van der Waals surface area contributed by atoms with Crippen molar-refractivity contribution in [3.8, 4) is 62.2 Å². The van der Waals surface area contributed by atoms with Crippen molar-refractivity contribution in [3.63, 3.8) is 0 Å². The first-order chi connectivity index (χ1) is 45.7. The summed E-state index contributed by atoms with van der Waals surface area (Å²) in [5.74, 6) is 0. The Balaban J connectivity index is 1.04. The smallest absolute Gasteiger partial charge is 0.145 e. The van der Waals surface area contributed by atoms with Crippen LogP contribution < -0.4 is 0 Å². The predicted octanol–water partition coefficient (Wildman–Crippen LogP) is 22.7. The quantitative estimate of drug-likeness (QED) is 0.160. The molecular weight excluding hydrogens is 1120 g/mol. The van der Waals surface area contributed by atoms with E-state index >= 15 is 0 Å². The maximum atomic E-state index is 13.2. The van der Waals surface area contributed by atoms with Crippen molar-refractivity contribution in [2.24, 2.45) is 0 Å². The molecule has 6 heterocycles. The van der Waals surface area contributed by atoms with Crippen LogP contribution in [0.2, 0.25) is 0 Å². The molecule has 0 spiro atoms. The molecule has 0 saturated heterocycles. The third kappa shape index (κ3) is 6.92. The van der Waals surface area contributed by atoms with E-state index in [9.17, 15) is 5.26 Å². The average Bonchev–Trinajstić information content (AvgIpc) is 1.45. The van der Waals surface area contributed by atoms with Crippen LogP contribution >= 0.6 is 0 Å². The van der Waals surface area contributed by atoms with Crippen LogP contribution in [0.1, 0.15) is 5.56 Å². The Kier molecular flexibility index (Phi) is 10.5. The monoisotopic (exact) mass is 1170 g/mol. The van der Waals surface area contributed by atoms with Gasteiger partial charge in [-0.25, -0.2) is 0 Å². The van der Waals surface area contributed by atoms with Crippen LogP contribution in [0.15, 0.2) is 306 Å². The summed E-state index contributed by atoms with van der Waals surface area (Å²) in [4.78, 5) is 0. The van der Waals surface area contributed by atoms with E-state index in [0.29, 0.717) is 5.56 Å². The predicted molar refractivity (Wildman–Crippen MR) is 379 cm³/mol. The molecule has 0 aliphatic rings. The van der Waals surface area contributed by atoms with Gasteiger partial charge in [-0.1, -0.05) is 212 Å². The number of hydrogen-bond acceptors (Lipinski definition) is 3. The van der Waals surface area contributed by atoms with Gasteiger partial charge in [-0.3, -0.25) is 0 Å². The lowest BCUT2D eigenvalue weighted by molar-refractivity contribution is 0.672. The molecule has 0 radical (unpaired) electrons. The van der Waals surface area contributed by atoms with Crippen LogP contribution in [0, 0.1) is 11.3 Å². The molecule has 0 aliphatic carbocycles. The van der Waals surface area contributed by atoms with Crippen LogP contribution in [0.4, 0.5) is 0 Å². The second kappa shape index (κ2) is 19.2. The third-order valence-corrected chi connectivity index (χ3v) is 19.4. The maximum absolute atomic E-state index is 13.2. The van der Waals surface area contributed by atoms with Crippen molar-refractivity contribution in [2.75, 3.05) is 0 Å². The fourth-order valence-corrected chi connectivity index (χ4v) is 15.6. The SMILES string of the molecule is N#Cc1c(-n2c3ccccc3c3ccccc32)c(-n2c3ccccc3c3c4oc5ccc(-c6ccccc6)cc5c4ccc32)c(-c2ccccc2)c(-n2c3ccccc3c3c4oc5ccc(-c6ccccc6)cc5c4ccc32)c1-n1c2ccccc2c2ccccc21.